The van der Waals surface area contributed by atoms with Crippen LogP contribution in [-0.4, -0.2) is 11.4 Å². The normalized spacial score (nSPS) is 11.9. The summed E-state index contributed by atoms with van der Waals surface area (Å²) in [5.74, 6) is -6.05. The molecule has 0 aliphatic heterocycles. The van der Waals surface area contributed by atoms with Crippen LogP contribution >= 0.6 is 0 Å². The summed E-state index contributed by atoms with van der Waals surface area (Å²) in [6.45, 7) is 0. The SMILES string of the molecule is Oc1ccc2cc(NC(F)(F)F)c(F)c(F)c2c1F. The van der Waals surface area contributed by atoms with Crippen LogP contribution in [0.25, 0.3) is 10.8 Å². The zero-order valence-electron chi connectivity index (χ0n) is 8.95. The molecule has 2 N–H and O–H groups in total. The summed E-state index contributed by atoms with van der Waals surface area (Å²) in [5.41, 5.74) is -1.16. The first kappa shape index (κ1) is 13.3. The van der Waals surface area contributed by atoms with Crippen molar-refractivity contribution in [1.29, 1.82) is 0 Å². The Labute approximate surface area is 102 Å². The molecule has 0 spiro atoms. The van der Waals surface area contributed by atoms with Crippen LogP contribution in [0.5, 0.6) is 5.75 Å². The van der Waals surface area contributed by atoms with Crippen molar-refractivity contribution in [2.24, 2.45) is 0 Å². The number of benzene rings is 2. The first-order valence-corrected chi connectivity index (χ1v) is 4.85. The van der Waals surface area contributed by atoms with Crippen molar-refractivity contribution in [3.63, 3.8) is 0 Å². The maximum atomic E-state index is 13.5. The third kappa shape index (κ3) is 2.38. The molecule has 0 bridgehead atoms. The van der Waals surface area contributed by atoms with E-state index in [9.17, 15) is 26.3 Å². The van der Waals surface area contributed by atoms with Gasteiger partial charge in [-0.05, 0) is 17.5 Å². The molecular weight excluding hydrogens is 276 g/mol. The molecular formula is C11H5F6NO. The molecule has 0 radical (unpaired) electrons. The molecule has 2 aromatic rings. The van der Waals surface area contributed by atoms with Crippen LogP contribution < -0.4 is 5.32 Å². The topological polar surface area (TPSA) is 32.3 Å². The highest BCUT2D eigenvalue weighted by atomic mass is 19.4. The van der Waals surface area contributed by atoms with Gasteiger partial charge in [-0.2, -0.15) is 13.2 Å². The number of alkyl halides is 3. The van der Waals surface area contributed by atoms with Gasteiger partial charge in [-0.25, -0.2) is 13.2 Å². The van der Waals surface area contributed by atoms with Crippen LogP contribution in [0.2, 0.25) is 0 Å². The second-order valence-electron chi connectivity index (χ2n) is 3.67. The summed E-state index contributed by atoms with van der Waals surface area (Å²) in [4.78, 5) is 0. The van der Waals surface area contributed by atoms with E-state index in [2.05, 4.69) is 0 Å². The number of fused-ring (bicyclic) bond motifs is 1. The van der Waals surface area contributed by atoms with Crippen molar-refractivity contribution in [1.82, 2.24) is 0 Å². The monoisotopic (exact) mass is 281 g/mol. The van der Waals surface area contributed by atoms with Crippen LogP contribution in [-0.2, 0) is 0 Å². The Bertz CT molecular complexity index is 652. The molecule has 0 aromatic heterocycles. The van der Waals surface area contributed by atoms with E-state index in [-0.39, 0.29) is 5.39 Å². The first-order valence-electron chi connectivity index (χ1n) is 4.85. The number of hydrogen-bond donors (Lipinski definition) is 2. The molecule has 8 heteroatoms. The smallest absolute Gasteiger partial charge is 0.482 e. The summed E-state index contributed by atoms with van der Waals surface area (Å²) < 4.78 is 76.6. The van der Waals surface area contributed by atoms with E-state index < -0.39 is 40.6 Å². The van der Waals surface area contributed by atoms with Crippen molar-refractivity contribution >= 4 is 16.5 Å². The number of nitrogens with one attached hydrogen (secondary N) is 1. The summed E-state index contributed by atoms with van der Waals surface area (Å²) in [5, 5.41) is 8.61. The molecule has 0 heterocycles. The standard InChI is InChI=1S/C11H5F6NO/c12-8-5(18-11(15,16)17)3-4-1-2-6(19)9(13)7(4)10(8)14/h1-3,18-19H. The van der Waals surface area contributed by atoms with Crippen LogP contribution in [0.15, 0.2) is 18.2 Å². The van der Waals surface area contributed by atoms with E-state index in [1.165, 1.54) is 0 Å². The minimum Gasteiger partial charge on any atom is -0.505 e. The summed E-state index contributed by atoms with van der Waals surface area (Å²) in [6, 6.07) is 2.40. The predicted molar refractivity (Wildman–Crippen MR) is 55.2 cm³/mol. The molecule has 0 saturated carbocycles. The van der Waals surface area contributed by atoms with Gasteiger partial charge in [0.05, 0.1) is 11.1 Å². The molecule has 0 amide bonds. The van der Waals surface area contributed by atoms with Gasteiger partial charge in [0, 0.05) is 0 Å². The van der Waals surface area contributed by atoms with E-state index >= 15 is 0 Å². The molecule has 102 valence electrons. The third-order valence-electron chi connectivity index (χ3n) is 2.38. The van der Waals surface area contributed by atoms with Gasteiger partial charge in [0.1, 0.15) is 0 Å². The lowest BCUT2D eigenvalue weighted by Crippen LogP contribution is -2.21. The number of phenols is 1. The summed E-state index contributed by atoms with van der Waals surface area (Å²) >= 11 is 0. The Morgan fingerprint density at radius 3 is 2.16 bits per heavy atom. The van der Waals surface area contributed by atoms with Crippen molar-refractivity contribution < 1.29 is 31.4 Å². The predicted octanol–water partition coefficient (Wildman–Crippen LogP) is 3.89. The molecule has 2 aromatic carbocycles. The van der Waals surface area contributed by atoms with Gasteiger partial charge in [-0.1, -0.05) is 6.07 Å². The lowest BCUT2D eigenvalue weighted by Gasteiger charge is -2.13. The number of hydrogen-bond acceptors (Lipinski definition) is 2. The van der Waals surface area contributed by atoms with E-state index in [0.29, 0.717) is 6.07 Å². The fraction of sp³-hybridized carbons (Fsp3) is 0.0909. The van der Waals surface area contributed by atoms with Crippen molar-refractivity contribution in [3.8, 4) is 5.75 Å². The minimum absolute atomic E-state index is 0.319. The Morgan fingerprint density at radius 2 is 1.58 bits per heavy atom. The van der Waals surface area contributed by atoms with Crippen molar-refractivity contribution in [3.05, 3.63) is 35.7 Å². The highest BCUT2D eigenvalue weighted by Gasteiger charge is 2.30. The lowest BCUT2D eigenvalue weighted by molar-refractivity contribution is -0.100. The fourth-order valence-corrected chi connectivity index (χ4v) is 1.61. The number of anilines is 1. The van der Waals surface area contributed by atoms with E-state index in [0.717, 1.165) is 17.4 Å². The molecule has 0 unspecified atom stereocenters. The van der Waals surface area contributed by atoms with E-state index in [1.807, 2.05) is 0 Å². The molecule has 0 fully saturated rings. The van der Waals surface area contributed by atoms with Crippen LogP contribution in [0.1, 0.15) is 0 Å². The van der Waals surface area contributed by atoms with Gasteiger partial charge < -0.3 is 5.11 Å². The lowest BCUT2D eigenvalue weighted by atomic mass is 10.1. The van der Waals surface area contributed by atoms with E-state index in [1.54, 1.807) is 0 Å². The number of phenolic OH excluding ortho intramolecular Hbond substituents is 1. The highest BCUT2D eigenvalue weighted by Crippen LogP contribution is 2.34. The summed E-state index contributed by atoms with van der Waals surface area (Å²) in [7, 11) is 0. The molecule has 0 aliphatic carbocycles. The zero-order valence-corrected chi connectivity index (χ0v) is 8.95. The van der Waals surface area contributed by atoms with Gasteiger partial charge in [0.25, 0.3) is 0 Å². The molecule has 19 heavy (non-hydrogen) atoms. The van der Waals surface area contributed by atoms with Crippen molar-refractivity contribution in [2.75, 3.05) is 5.32 Å². The van der Waals surface area contributed by atoms with Crippen molar-refractivity contribution in [2.45, 2.75) is 6.30 Å². The Morgan fingerprint density at radius 1 is 0.947 bits per heavy atom. The van der Waals surface area contributed by atoms with Crippen LogP contribution in [0.4, 0.5) is 32.0 Å². The van der Waals surface area contributed by atoms with Crippen LogP contribution in [0.3, 0.4) is 0 Å². The highest BCUT2D eigenvalue weighted by molar-refractivity contribution is 5.88. The number of rotatable bonds is 1. The van der Waals surface area contributed by atoms with Crippen LogP contribution in [0, 0.1) is 17.5 Å². The maximum absolute atomic E-state index is 13.5. The van der Waals surface area contributed by atoms with Gasteiger partial charge in [-0.15, -0.1) is 0 Å². The average molecular weight is 281 g/mol. The second-order valence-corrected chi connectivity index (χ2v) is 3.67. The van der Waals surface area contributed by atoms with E-state index in [4.69, 9.17) is 5.11 Å². The molecule has 2 nitrogen and oxygen atoms in total. The first-order chi connectivity index (χ1) is 8.70. The third-order valence-corrected chi connectivity index (χ3v) is 2.38. The quantitative estimate of drug-likeness (QED) is 0.614. The Kier molecular flexibility index (Phi) is 2.95. The number of aromatic hydroxyl groups is 1. The molecule has 0 aliphatic rings. The van der Waals surface area contributed by atoms with Gasteiger partial charge in [-0.3, -0.25) is 5.32 Å². The van der Waals surface area contributed by atoms with Gasteiger partial charge >= 0.3 is 6.30 Å². The Hall–Kier alpha value is -2.12. The largest absolute Gasteiger partial charge is 0.505 e. The van der Waals surface area contributed by atoms with Gasteiger partial charge in [0.15, 0.2) is 23.2 Å². The Balaban J connectivity index is 2.72. The molecule has 2 rings (SSSR count). The summed E-state index contributed by atoms with van der Waals surface area (Å²) in [6.07, 6.45) is -4.96. The average Bonchev–Trinajstić information content (AvgIpc) is 2.28. The van der Waals surface area contributed by atoms with Gasteiger partial charge in [0.2, 0.25) is 0 Å². The number of halogens is 6. The molecule has 0 saturated heterocycles. The minimum atomic E-state index is -4.96. The second kappa shape index (κ2) is 4.22. The fourth-order valence-electron chi connectivity index (χ4n) is 1.61. The molecule has 0 atom stereocenters. The maximum Gasteiger partial charge on any atom is 0.482 e. The zero-order chi connectivity index (χ0) is 14.4.